The van der Waals surface area contributed by atoms with Crippen LogP contribution in [0.4, 0.5) is 5.69 Å². The van der Waals surface area contributed by atoms with Gasteiger partial charge < -0.3 is 10.5 Å². The molecule has 0 heterocycles. The summed E-state index contributed by atoms with van der Waals surface area (Å²) in [5.41, 5.74) is 7.22. The lowest BCUT2D eigenvalue weighted by Gasteiger charge is -2.09. The van der Waals surface area contributed by atoms with Crippen molar-refractivity contribution >= 4 is 40.5 Å². The van der Waals surface area contributed by atoms with E-state index in [0.717, 1.165) is 5.56 Å². The fraction of sp³-hybridized carbons (Fsp3) is 0.0769. The van der Waals surface area contributed by atoms with E-state index in [1.165, 1.54) is 0 Å². The maximum Gasteiger partial charge on any atom is 0.144 e. The third kappa shape index (κ3) is 3.22. The number of hydrogen-bond acceptors (Lipinski definition) is 2. The van der Waals surface area contributed by atoms with Gasteiger partial charge >= 0.3 is 0 Å². The number of benzene rings is 2. The lowest BCUT2D eigenvalue weighted by atomic mass is 10.2. The largest absolute Gasteiger partial charge is 0.487 e. The fourth-order valence-electron chi connectivity index (χ4n) is 1.42. The third-order valence-electron chi connectivity index (χ3n) is 2.35. The van der Waals surface area contributed by atoms with Gasteiger partial charge in [0, 0.05) is 11.1 Å². The quantitative estimate of drug-likeness (QED) is 0.826. The molecule has 2 aromatic rings. The van der Waals surface area contributed by atoms with Crippen LogP contribution in [0.5, 0.6) is 5.75 Å². The van der Waals surface area contributed by atoms with Crippen molar-refractivity contribution in [3.05, 3.63) is 57.0 Å². The molecule has 0 aliphatic carbocycles. The first kappa shape index (κ1) is 13.3. The van der Waals surface area contributed by atoms with E-state index in [2.05, 4.69) is 0 Å². The summed E-state index contributed by atoms with van der Waals surface area (Å²) in [6.45, 7) is 0.349. The second kappa shape index (κ2) is 5.70. The molecule has 0 spiro atoms. The Morgan fingerprint density at radius 3 is 2.44 bits per heavy atom. The average molecular weight is 303 g/mol. The van der Waals surface area contributed by atoms with Crippen molar-refractivity contribution in [2.24, 2.45) is 0 Å². The first-order valence-electron chi connectivity index (χ1n) is 5.18. The Morgan fingerprint density at radius 2 is 1.72 bits per heavy atom. The van der Waals surface area contributed by atoms with Gasteiger partial charge in [-0.3, -0.25) is 0 Å². The van der Waals surface area contributed by atoms with E-state index in [-0.39, 0.29) is 0 Å². The van der Waals surface area contributed by atoms with Crippen molar-refractivity contribution in [1.82, 2.24) is 0 Å². The van der Waals surface area contributed by atoms with Gasteiger partial charge in [0.1, 0.15) is 12.4 Å². The summed E-state index contributed by atoms with van der Waals surface area (Å²) in [6.07, 6.45) is 0. The molecule has 2 nitrogen and oxygen atoms in total. The smallest absolute Gasteiger partial charge is 0.144 e. The van der Waals surface area contributed by atoms with Crippen molar-refractivity contribution in [3.63, 3.8) is 0 Å². The Bertz CT molecular complexity index is 572. The summed E-state index contributed by atoms with van der Waals surface area (Å²) in [5, 5.41) is 1.59. The molecule has 2 N–H and O–H groups in total. The monoisotopic (exact) mass is 301 g/mol. The minimum atomic E-state index is 0.349. The van der Waals surface area contributed by atoms with Gasteiger partial charge in [-0.05, 0) is 29.8 Å². The van der Waals surface area contributed by atoms with Crippen LogP contribution in [0, 0.1) is 0 Å². The molecule has 0 aromatic heterocycles. The SMILES string of the molecule is Nc1ccc(Cl)cc1OCc1ccc(Cl)c(Cl)c1. The van der Waals surface area contributed by atoms with Gasteiger partial charge in [0.25, 0.3) is 0 Å². The molecule has 94 valence electrons. The number of ether oxygens (including phenoxy) is 1. The average Bonchev–Trinajstić information content (AvgIpc) is 2.34. The van der Waals surface area contributed by atoms with Gasteiger partial charge in [0.2, 0.25) is 0 Å². The molecule has 0 atom stereocenters. The Kier molecular flexibility index (Phi) is 4.23. The van der Waals surface area contributed by atoms with Gasteiger partial charge in [-0.25, -0.2) is 0 Å². The molecule has 0 radical (unpaired) electrons. The molecule has 0 saturated carbocycles. The molecule has 0 amide bonds. The first-order valence-corrected chi connectivity index (χ1v) is 6.31. The van der Waals surface area contributed by atoms with Gasteiger partial charge in [0.15, 0.2) is 0 Å². The molecule has 0 unspecified atom stereocenters. The summed E-state index contributed by atoms with van der Waals surface area (Å²) in [4.78, 5) is 0. The van der Waals surface area contributed by atoms with Crippen LogP contribution in [0.3, 0.4) is 0 Å². The van der Waals surface area contributed by atoms with Crippen molar-refractivity contribution < 1.29 is 4.74 Å². The van der Waals surface area contributed by atoms with Gasteiger partial charge in [-0.2, -0.15) is 0 Å². The van der Waals surface area contributed by atoms with Gasteiger partial charge in [-0.15, -0.1) is 0 Å². The Morgan fingerprint density at radius 1 is 0.944 bits per heavy atom. The summed E-state index contributed by atoms with van der Waals surface area (Å²) in [5.74, 6) is 0.550. The van der Waals surface area contributed by atoms with Crippen molar-refractivity contribution in [2.75, 3.05) is 5.73 Å². The minimum Gasteiger partial charge on any atom is -0.487 e. The normalized spacial score (nSPS) is 10.4. The van der Waals surface area contributed by atoms with E-state index >= 15 is 0 Å². The van der Waals surface area contributed by atoms with Crippen LogP contribution in [0.25, 0.3) is 0 Å². The molecule has 2 aromatic carbocycles. The summed E-state index contributed by atoms with van der Waals surface area (Å²) in [6, 6.07) is 10.4. The van der Waals surface area contributed by atoms with E-state index in [1.54, 1.807) is 30.3 Å². The van der Waals surface area contributed by atoms with Crippen molar-refractivity contribution in [1.29, 1.82) is 0 Å². The molecule has 2 rings (SSSR count). The van der Waals surface area contributed by atoms with E-state index in [9.17, 15) is 0 Å². The number of nitrogen functional groups attached to an aromatic ring is 1. The highest BCUT2D eigenvalue weighted by Gasteiger charge is 2.04. The minimum absolute atomic E-state index is 0.349. The van der Waals surface area contributed by atoms with Crippen molar-refractivity contribution in [2.45, 2.75) is 6.61 Å². The molecule has 0 saturated heterocycles. The van der Waals surface area contributed by atoms with Crippen LogP contribution in [-0.4, -0.2) is 0 Å². The van der Waals surface area contributed by atoms with Crippen LogP contribution >= 0.6 is 34.8 Å². The summed E-state index contributed by atoms with van der Waals surface area (Å²) < 4.78 is 5.59. The third-order valence-corrected chi connectivity index (χ3v) is 3.33. The van der Waals surface area contributed by atoms with Crippen LogP contribution in [0.1, 0.15) is 5.56 Å². The van der Waals surface area contributed by atoms with Crippen LogP contribution in [0.15, 0.2) is 36.4 Å². The molecule has 0 aliphatic heterocycles. The van der Waals surface area contributed by atoms with Crippen LogP contribution < -0.4 is 10.5 Å². The Labute approximate surface area is 120 Å². The van der Waals surface area contributed by atoms with Crippen LogP contribution in [0.2, 0.25) is 15.1 Å². The zero-order valence-electron chi connectivity index (χ0n) is 9.29. The zero-order valence-corrected chi connectivity index (χ0v) is 11.6. The maximum atomic E-state index is 5.92. The second-order valence-corrected chi connectivity index (χ2v) is 4.97. The van der Waals surface area contributed by atoms with Crippen molar-refractivity contribution in [3.8, 4) is 5.75 Å². The number of halogens is 3. The highest BCUT2D eigenvalue weighted by Crippen LogP contribution is 2.27. The summed E-state index contributed by atoms with van der Waals surface area (Å²) >= 11 is 17.6. The Balaban J connectivity index is 2.11. The fourth-order valence-corrected chi connectivity index (χ4v) is 1.91. The predicted octanol–water partition coefficient (Wildman–Crippen LogP) is 4.81. The standard InChI is InChI=1S/C13H10Cl3NO/c14-9-2-4-12(17)13(6-9)18-7-8-1-3-10(15)11(16)5-8/h1-6H,7,17H2. The number of anilines is 1. The van der Waals surface area contributed by atoms with E-state index < -0.39 is 0 Å². The van der Waals surface area contributed by atoms with E-state index in [0.29, 0.717) is 33.1 Å². The zero-order chi connectivity index (χ0) is 13.1. The van der Waals surface area contributed by atoms with Crippen LogP contribution in [-0.2, 0) is 6.61 Å². The number of rotatable bonds is 3. The molecule has 0 fully saturated rings. The van der Waals surface area contributed by atoms with E-state index in [1.807, 2.05) is 6.07 Å². The highest BCUT2D eigenvalue weighted by atomic mass is 35.5. The molecular weight excluding hydrogens is 293 g/mol. The number of hydrogen-bond donors (Lipinski definition) is 1. The molecule has 5 heteroatoms. The number of nitrogens with two attached hydrogens (primary N) is 1. The highest BCUT2D eigenvalue weighted by molar-refractivity contribution is 6.42. The molecule has 0 aliphatic rings. The van der Waals surface area contributed by atoms with E-state index in [4.69, 9.17) is 45.3 Å². The lowest BCUT2D eigenvalue weighted by molar-refractivity contribution is 0.308. The summed E-state index contributed by atoms with van der Waals surface area (Å²) in [7, 11) is 0. The lowest BCUT2D eigenvalue weighted by Crippen LogP contribution is -1.98. The predicted molar refractivity (Wildman–Crippen MR) is 76.7 cm³/mol. The van der Waals surface area contributed by atoms with Gasteiger partial charge in [-0.1, -0.05) is 40.9 Å². The molecule has 0 bridgehead atoms. The Hall–Kier alpha value is -1.09. The molecular formula is C13H10Cl3NO. The molecule has 18 heavy (non-hydrogen) atoms. The van der Waals surface area contributed by atoms with Gasteiger partial charge in [0.05, 0.1) is 15.7 Å². The maximum absolute atomic E-state index is 5.92. The second-order valence-electron chi connectivity index (χ2n) is 3.72. The first-order chi connectivity index (χ1) is 8.56. The topological polar surface area (TPSA) is 35.2 Å².